The summed E-state index contributed by atoms with van der Waals surface area (Å²) in [5.41, 5.74) is 0.937. The lowest BCUT2D eigenvalue weighted by atomic mass is 10.0. The fraction of sp³-hybridized carbons (Fsp3) is 0.636. The van der Waals surface area contributed by atoms with E-state index in [9.17, 15) is 9.59 Å². The highest BCUT2D eigenvalue weighted by Crippen LogP contribution is 2.27. The second kappa shape index (κ2) is 13.4. The lowest BCUT2D eigenvalue weighted by Gasteiger charge is -2.12. The van der Waals surface area contributed by atoms with Gasteiger partial charge in [-0.05, 0) is 49.4 Å². The Morgan fingerprint density at radius 2 is 1.38 bits per heavy atom. The van der Waals surface area contributed by atoms with Crippen molar-refractivity contribution in [1.29, 1.82) is 0 Å². The van der Waals surface area contributed by atoms with Crippen LogP contribution >= 0.6 is 0 Å². The molecule has 0 aliphatic heterocycles. The van der Waals surface area contributed by atoms with Crippen LogP contribution in [0.25, 0.3) is 0 Å². The molecule has 0 spiro atoms. The Morgan fingerprint density at radius 1 is 0.769 bits per heavy atom. The minimum Gasteiger partial charge on any atom is -0.427 e. The maximum absolute atomic E-state index is 11.9. The van der Waals surface area contributed by atoms with Gasteiger partial charge in [-0.2, -0.15) is 0 Å². The third kappa shape index (κ3) is 9.02. The molecule has 0 radical (unpaired) electrons. The number of benzene rings is 1. The number of aryl methyl sites for hydroxylation is 1. The Kier molecular flexibility index (Phi) is 11.4. The van der Waals surface area contributed by atoms with Crippen LogP contribution in [0.5, 0.6) is 11.5 Å². The molecule has 1 rings (SSSR count). The summed E-state index contributed by atoms with van der Waals surface area (Å²) >= 11 is 0. The van der Waals surface area contributed by atoms with Crippen LogP contribution in [0.15, 0.2) is 18.2 Å². The first-order valence-electron chi connectivity index (χ1n) is 10.1. The molecule has 1 aromatic rings. The van der Waals surface area contributed by atoms with Gasteiger partial charge in [0.05, 0.1) is 0 Å². The first-order valence-corrected chi connectivity index (χ1v) is 10.1. The van der Waals surface area contributed by atoms with Crippen molar-refractivity contribution in [2.75, 3.05) is 0 Å². The van der Waals surface area contributed by atoms with Crippen molar-refractivity contribution in [2.24, 2.45) is 0 Å². The predicted octanol–water partition coefficient (Wildman–Crippen LogP) is 6.00. The molecule has 0 saturated heterocycles. The molecule has 26 heavy (non-hydrogen) atoms. The Hall–Kier alpha value is -1.84. The van der Waals surface area contributed by atoms with Crippen LogP contribution in [0.2, 0.25) is 0 Å². The molecule has 1 aromatic carbocycles. The van der Waals surface area contributed by atoms with Gasteiger partial charge in [0.25, 0.3) is 0 Å². The first kappa shape index (κ1) is 22.2. The second-order valence-corrected chi connectivity index (χ2v) is 6.74. The number of ether oxygens (including phenoxy) is 2. The van der Waals surface area contributed by atoms with Gasteiger partial charge in [-0.25, -0.2) is 0 Å². The minimum atomic E-state index is -0.228. The topological polar surface area (TPSA) is 52.6 Å². The monoisotopic (exact) mass is 362 g/mol. The molecule has 4 nitrogen and oxygen atoms in total. The predicted molar refractivity (Wildman–Crippen MR) is 105 cm³/mol. The van der Waals surface area contributed by atoms with Crippen molar-refractivity contribution in [3.05, 3.63) is 23.8 Å². The van der Waals surface area contributed by atoms with E-state index in [4.69, 9.17) is 9.47 Å². The van der Waals surface area contributed by atoms with E-state index in [0.717, 1.165) is 37.7 Å². The molecule has 0 saturated carbocycles. The Morgan fingerprint density at radius 3 is 2.04 bits per heavy atom. The zero-order valence-electron chi connectivity index (χ0n) is 16.6. The first-order chi connectivity index (χ1) is 12.6. The summed E-state index contributed by atoms with van der Waals surface area (Å²) in [6.07, 6.45) is 10.4. The SMILES string of the molecule is CCCCCCCCc1cc(OC(=O)CCC)ccc1OC(=O)CCC. The van der Waals surface area contributed by atoms with E-state index in [1.807, 2.05) is 19.9 Å². The molecule has 0 heterocycles. The molecule has 146 valence electrons. The summed E-state index contributed by atoms with van der Waals surface area (Å²) < 4.78 is 10.9. The fourth-order valence-corrected chi connectivity index (χ4v) is 2.77. The van der Waals surface area contributed by atoms with Gasteiger partial charge in [-0.1, -0.05) is 52.9 Å². The summed E-state index contributed by atoms with van der Waals surface area (Å²) in [6.45, 7) is 6.11. The zero-order valence-corrected chi connectivity index (χ0v) is 16.6. The van der Waals surface area contributed by atoms with Gasteiger partial charge in [0.15, 0.2) is 0 Å². The molecule has 0 amide bonds. The molecule has 4 heteroatoms. The maximum atomic E-state index is 11.9. The van der Waals surface area contributed by atoms with E-state index in [1.165, 1.54) is 25.7 Å². The molecule has 0 aliphatic carbocycles. The second-order valence-electron chi connectivity index (χ2n) is 6.74. The summed E-state index contributed by atoms with van der Waals surface area (Å²) in [7, 11) is 0. The number of hydrogen-bond acceptors (Lipinski definition) is 4. The van der Waals surface area contributed by atoms with Crippen LogP contribution in [-0.2, 0) is 16.0 Å². The standard InChI is InChI=1S/C22H34O4/c1-4-7-8-9-10-11-14-18-17-19(25-21(23)12-5-2)15-16-20(18)26-22(24)13-6-3/h15-17H,4-14H2,1-3H3. The van der Waals surface area contributed by atoms with Crippen molar-refractivity contribution in [3.63, 3.8) is 0 Å². The van der Waals surface area contributed by atoms with E-state index < -0.39 is 0 Å². The van der Waals surface area contributed by atoms with E-state index in [1.54, 1.807) is 12.1 Å². The molecule has 0 fully saturated rings. The summed E-state index contributed by atoms with van der Waals surface area (Å²) in [4.78, 5) is 23.6. The highest BCUT2D eigenvalue weighted by molar-refractivity contribution is 5.74. The van der Waals surface area contributed by atoms with Crippen molar-refractivity contribution < 1.29 is 19.1 Å². The maximum Gasteiger partial charge on any atom is 0.311 e. The lowest BCUT2D eigenvalue weighted by molar-refractivity contribution is -0.135. The van der Waals surface area contributed by atoms with E-state index >= 15 is 0 Å². The average molecular weight is 363 g/mol. The lowest BCUT2D eigenvalue weighted by Crippen LogP contribution is -2.10. The molecule has 0 atom stereocenters. The van der Waals surface area contributed by atoms with Gasteiger partial charge in [-0.3, -0.25) is 9.59 Å². The molecule has 0 N–H and O–H groups in total. The quantitative estimate of drug-likeness (QED) is 0.245. The minimum absolute atomic E-state index is 0.215. The Balaban J connectivity index is 2.74. The van der Waals surface area contributed by atoms with Crippen LogP contribution in [0.3, 0.4) is 0 Å². The van der Waals surface area contributed by atoms with Crippen molar-refractivity contribution >= 4 is 11.9 Å². The number of hydrogen-bond donors (Lipinski definition) is 0. The number of esters is 2. The fourth-order valence-electron chi connectivity index (χ4n) is 2.77. The Labute approximate surface area is 158 Å². The van der Waals surface area contributed by atoms with Crippen molar-refractivity contribution in [2.45, 2.75) is 91.4 Å². The molecule has 0 aromatic heterocycles. The number of unbranched alkanes of at least 4 members (excludes halogenated alkanes) is 5. The third-order valence-corrected chi connectivity index (χ3v) is 4.20. The van der Waals surface area contributed by atoms with Crippen LogP contribution in [0.1, 0.15) is 90.5 Å². The molecule has 0 unspecified atom stereocenters. The largest absolute Gasteiger partial charge is 0.427 e. The van der Waals surface area contributed by atoms with Gasteiger partial charge < -0.3 is 9.47 Å². The smallest absolute Gasteiger partial charge is 0.311 e. The summed E-state index contributed by atoms with van der Waals surface area (Å²) in [5.74, 6) is 0.674. The zero-order chi connectivity index (χ0) is 19.2. The van der Waals surface area contributed by atoms with Crippen LogP contribution < -0.4 is 9.47 Å². The number of carbonyl (C=O) groups excluding carboxylic acids is 2. The van der Waals surface area contributed by atoms with E-state index in [-0.39, 0.29) is 11.9 Å². The van der Waals surface area contributed by atoms with Gasteiger partial charge in [-0.15, -0.1) is 0 Å². The molecule has 0 bridgehead atoms. The molecular formula is C22H34O4. The van der Waals surface area contributed by atoms with Crippen molar-refractivity contribution in [3.8, 4) is 11.5 Å². The summed E-state index contributed by atoms with van der Waals surface area (Å²) in [5, 5.41) is 0. The van der Waals surface area contributed by atoms with Gasteiger partial charge in [0, 0.05) is 12.8 Å². The summed E-state index contributed by atoms with van der Waals surface area (Å²) in [6, 6.07) is 5.29. The molecular weight excluding hydrogens is 328 g/mol. The molecule has 0 aliphatic rings. The van der Waals surface area contributed by atoms with Crippen LogP contribution in [0, 0.1) is 0 Å². The normalized spacial score (nSPS) is 10.6. The van der Waals surface area contributed by atoms with Crippen LogP contribution in [0.4, 0.5) is 0 Å². The number of rotatable bonds is 13. The third-order valence-electron chi connectivity index (χ3n) is 4.20. The van der Waals surface area contributed by atoms with Crippen molar-refractivity contribution in [1.82, 2.24) is 0 Å². The van der Waals surface area contributed by atoms with E-state index in [2.05, 4.69) is 6.92 Å². The van der Waals surface area contributed by atoms with E-state index in [0.29, 0.717) is 24.3 Å². The number of carbonyl (C=O) groups is 2. The highest BCUT2D eigenvalue weighted by Gasteiger charge is 2.12. The van der Waals surface area contributed by atoms with Gasteiger partial charge >= 0.3 is 11.9 Å². The average Bonchev–Trinajstić information content (AvgIpc) is 2.60. The Bertz CT molecular complexity index is 551. The van der Waals surface area contributed by atoms with Gasteiger partial charge in [0.1, 0.15) is 11.5 Å². The highest BCUT2D eigenvalue weighted by atomic mass is 16.5. The van der Waals surface area contributed by atoms with Gasteiger partial charge in [0.2, 0.25) is 0 Å². The van der Waals surface area contributed by atoms with Crippen LogP contribution in [-0.4, -0.2) is 11.9 Å².